The lowest BCUT2D eigenvalue weighted by atomic mass is 9.66. The summed E-state index contributed by atoms with van der Waals surface area (Å²) in [7, 11) is 1.32. The van der Waals surface area contributed by atoms with Crippen LogP contribution in [0.4, 0.5) is 0 Å². The molecule has 0 radical (unpaired) electrons. The highest BCUT2D eigenvalue weighted by molar-refractivity contribution is 7.09. The predicted molar refractivity (Wildman–Crippen MR) is 107 cm³/mol. The van der Waals surface area contributed by atoms with Gasteiger partial charge < -0.3 is 15.8 Å². The van der Waals surface area contributed by atoms with Gasteiger partial charge in [0.15, 0.2) is 0 Å². The van der Waals surface area contributed by atoms with Crippen molar-refractivity contribution >= 4 is 35.6 Å². The van der Waals surface area contributed by atoms with Crippen LogP contribution in [-0.4, -0.2) is 36.6 Å². The molecule has 2 heterocycles. The van der Waals surface area contributed by atoms with E-state index in [1.807, 2.05) is 23.6 Å². The number of ether oxygens (including phenoxy) is 1. The Hall–Kier alpha value is -1.96. The van der Waals surface area contributed by atoms with Gasteiger partial charge in [0.25, 0.3) is 5.91 Å². The van der Waals surface area contributed by atoms with E-state index in [1.165, 1.54) is 18.4 Å². The molecule has 1 atom stereocenters. The maximum atomic E-state index is 12.5. The van der Waals surface area contributed by atoms with Crippen LogP contribution in [0.2, 0.25) is 0 Å². The van der Waals surface area contributed by atoms with Crippen LogP contribution < -0.4 is 11.1 Å². The smallest absolute Gasteiger partial charge is 0.328 e. The van der Waals surface area contributed by atoms with Gasteiger partial charge in [-0.2, -0.15) is 0 Å². The van der Waals surface area contributed by atoms with E-state index < -0.39 is 12.0 Å². The lowest BCUT2D eigenvalue weighted by Crippen LogP contribution is -2.43. The maximum Gasteiger partial charge on any atom is 0.328 e. The molecule has 0 aromatic carbocycles. The van der Waals surface area contributed by atoms with Crippen molar-refractivity contribution in [1.29, 1.82) is 0 Å². The van der Waals surface area contributed by atoms with Gasteiger partial charge in [0.2, 0.25) is 0 Å². The second-order valence-corrected chi connectivity index (χ2v) is 7.64. The summed E-state index contributed by atoms with van der Waals surface area (Å²) in [5.41, 5.74) is 7.22. The van der Waals surface area contributed by atoms with Crippen molar-refractivity contribution in [2.45, 2.75) is 37.1 Å². The maximum absolute atomic E-state index is 12.5. The second-order valence-electron chi connectivity index (χ2n) is 6.60. The zero-order chi connectivity index (χ0) is 18.6. The summed E-state index contributed by atoms with van der Waals surface area (Å²) < 4.78 is 4.82. The standard InChI is InChI=1S/C19H23N3O3S.ClH/c1-25-18(24)15(10-14-4-2-9-26-14)22-17(23)13-5-6-16(21-11-13)19(12-20)7-3-8-19;/h2,4-6,9,11,15H,3,7-8,10,12,20H2,1H3,(H,22,23);1H. The molecule has 0 saturated heterocycles. The van der Waals surface area contributed by atoms with Crippen molar-refractivity contribution in [3.63, 3.8) is 0 Å². The number of carbonyl (C=O) groups is 2. The van der Waals surface area contributed by atoms with Crippen LogP contribution in [0.5, 0.6) is 0 Å². The fourth-order valence-electron chi connectivity index (χ4n) is 3.22. The minimum absolute atomic E-state index is 0. The summed E-state index contributed by atoms with van der Waals surface area (Å²) in [4.78, 5) is 30.0. The first-order valence-corrected chi connectivity index (χ1v) is 9.53. The number of carbonyl (C=O) groups excluding carboxylic acids is 2. The summed E-state index contributed by atoms with van der Waals surface area (Å²) in [6.45, 7) is 0.566. The number of nitrogens with zero attached hydrogens (tertiary/aromatic N) is 1. The van der Waals surface area contributed by atoms with E-state index in [-0.39, 0.29) is 23.7 Å². The number of nitrogens with two attached hydrogens (primary N) is 1. The van der Waals surface area contributed by atoms with E-state index in [0.29, 0.717) is 18.5 Å². The Labute approximate surface area is 168 Å². The van der Waals surface area contributed by atoms with Gasteiger partial charge in [-0.1, -0.05) is 12.5 Å². The molecule has 0 aliphatic heterocycles. The molecule has 2 aromatic rings. The molecule has 146 valence electrons. The number of aromatic nitrogens is 1. The van der Waals surface area contributed by atoms with E-state index in [2.05, 4.69) is 10.3 Å². The Balaban J connectivity index is 0.00000261. The first-order valence-electron chi connectivity index (χ1n) is 8.66. The fraction of sp³-hybridized carbons (Fsp3) is 0.421. The molecule has 1 fully saturated rings. The van der Waals surface area contributed by atoms with E-state index in [9.17, 15) is 9.59 Å². The second kappa shape index (κ2) is 9.30. The quantitative estimate of drug-likeness (QED) is 0.685. The molecule has 2 aromatic heterocycles. The Kier molecular flexibility index (Phi) is 7.35. The largest absolute Gasteiger partial charge is 0.467 e. The van der Waals surface area contributed by atoms with Crippen LogP contribution in [0.25, 0.3) is 0 Å². The highest BCUT2D eigenvalue weighted by atomic mass is 35.5. The van der Waals surface area contributed by atoms with Crippen LogP contribution in [-0.2, 0) is 21.4 Å². The average Bonchev–Trinajstić information content (AvgIpc) is 3.13. The number of esters is 1. The summed E-state index contributed by atoms with van der Waals surface area (Å²) in [5, 5.41) is 4.68. The molecule has 1 amide bonds. The predicted octanol–water partition coefficient (Wildman–Crippen LogP) is 2.46. The highest BCUT2D eigenvalue weighted by Crippen LogP contribution is 2.41. The highest BCUT2D eigenvalue weighted by Gasteiger charge is 2.38. The summed E-state index contributed by atoms with van der Waals surface area (Å²) >= 11 is 1.53. The lowest BCUT2D eigenvalue weighted by Gasteiger charge is -2.40. The fourth-order valence-corrected chi connectivity index (χ4v) is 3.97. The van der Waals surface area contributed by atoms with Crippen molar-refractivity contribution in [3.8, 4) is 0 Å². The summed E-state index contributed by atoms with van der Waals surface area (Å²) in [5.74, 6) is -0.806. The number of nitrogens with one attached hydrogen (secondary N) is 1. The monoisotopic (exact) mass is 409 g/mol. The molecule has 8 heteroatoms. The summed E-state index contributed by atoms with van der Waals surface area (Å²) in [6, 6.07) is 6.72. The Morgan fingerprint density at radius 3 is 2.63 bits per heavy atom. The van der Waals surface area contributed by atoms with E-state index in [0.717, 1.165) is 29.8 Å². The number of halogens is 1. The van der Waals surface area contributed by atoms with Crippen LogP contribution in [0.1, 0.15) is 40.2 Å². The normalized spacial score (nSPS) is 15.8. The molecule has 1 unspecified atom stereocenters. The minimum atomic E-state index is -0.729. The van der Waals surface area contributed by atoms with Crippen molar-refractivity contribution in [2.75, 3.05) is 13.7 Å². The number of pyridine rings is 1. The van der Waals surface area contributed by atoms with Gasteiger partial charge >= 0.3 is 5.97 Å². The molecular formula is C19H24ClN3O3S. The number of methoxy groups -OCH3 is 1. The first-order chi connectivity index (χ1) is 12.6. The lowest BCUT2D eigenvalue weighted by molar-refractivity contribution is -0.142. The number of hydrogen-bond acceptors (Lipinski definition) is 6. The zero-order valence-electron chi connectivity index (χ0n) is 15.1. The first kappa shape index (κ1) is 21.3. The third-order valence-corrected chi connectivity index (χ3v) is 5.95. The van der Waals surface area contributed by atoms with Gasteiger partial charge in [0, 0.05) is 35.1 Å². The van der Waals surface area contributed by atoms with Gasteiger partial charge in [0.05, 0.1) is 12.7 Å². The van der Waals surface area contributed by atoms with Crippen molar-refractivity contribution in [3.05, 3.63) is 52.0 Å². The van der Waals surface area contributed by atoms with E-state index >= 15 is 0 Å². The molecule has 0 bridgehead atoms. The SMILES string of the molecule is COC(=O)C(Cc1cccs1)NC(=O)c1ccc(C2(CN)CCC2)nc1.Cl. The van der Waals surface area contributed by atoms with Crippen LogP contribution in [0.15, 0.2) is 35.8 Å². The molecule has 1 aliphatic rings. The molecule has 3 rings (SSSR count). The number of thiophene rings is 1. The third kappa shape index (κ3) is 4.66. The molecule has 0 spiro atoms. The number of rotatable bonds is 7. The van der Waals surface area contributed by atoms with E-state index in [1.54, 1.807) is 12.3 Å². The Morgan fingerprint density at radius 1 is 1.37 bits per heavy atom. The van der Waals surface area contributed by atoms with E-state index in [4.69, 9.17) is 10.5 Å². The van der Waals surface area contributed by atoms with Crippen LogP contribution in [0, 0.1) is 0 Å². The minimum Gasteiger partial charge on any atom is -0.467 e. The summed E-state index contributed by atoms with van der Waals surface area (Å²) in [6.07, 6.45) is 5.18. The zero-order valence-corrected chi connectivity index (χ0v) is 16.8. The molecule has 3 N–H and O–H groups in total. The van der Waals surface area contributed by atoms with Gasteiger partial charge in [0.1, 0.15) is 6.04 Å². The topological polar surface area (TPSA) is 94.3 Å². The van der Waals surface area contributed by atoms with Gasteiger partial charge in [-0.3, -0.25) is 9.78 Å². The Bertz CT molecular complexity index is 756. The van der Waals surface area contributed by atoms with Gasteiger partial charge in [-0.15, -0.1) is 23.7 Å². The van der Waals surface area contributed by atoms with Crippen molar-refractivity contribution in [1.82, 2.24) is 10.3 Å². The molecule has 6 nitrogen and oxygen atoms in total. The van der Waals surface area contributed by atoms with Gasteiger partial charge in [-0.25, -0.2) is 4.79 Å². The average molecular weight is 410 g/mol. The Morgan fingerprint density at radius 2 is 2.15 bits per heavy atom. The van der Waals surface area contributed by atoms with Crippen LogP contribution >= 0.6 is 23.7 Å². The van der Waals surface area contributed by atoms with Crippen LogP contribution in [0.3, 0.4) is 0 Å². The van der Waals surface area contributed by atoms with Crippen molar-refractivity contribution < 1.29 is 14.3 Å². The molecule has 27 heavy (non-hydrogen) atoms. The van der Waals surface area contributed by atoms with Gasteiger partial charge in [-0.05, 0) is 36.4 Å². The number of amides is 1. The van der Waals surface area contributed by atoms with Crippen molar-refractivity contribution in [2.24, 2.45) is 5.73 Å². The molecule has 1 aliphatic carbocycles. The number of hydrogen-bond donors (Lipinski definition) is 2. The molecular weight excluding hydrogens is 386 g/mol. The third-order valence-electron chi connectivity index (χ3n) is 5.05. The molecule has 1 saturated carbocycles.